The average Bonchev–Trinajstić information content (AvgIpc) is 2.48. The van der Waals surface area contributed by atoms with E-state index in [1.165, 1.54) is 24.3 Å². The molecule has 0 saturated carbocycles. The minimum Gasteiger partial charge on any atom is -0.508 e. The first-order chi connectivity index (χ1) is 10.0. The van der Waals surface area contributed by atoms with Crippen LogP contribution in [0.4, 0.5) is 5.69 Å². The van der Waals surface area contributed by atoms with Gasteiger partial charge < -0.3 is 21.4 Å². The number of nitrogens with one attached hydrogen (secondary N) is 1. The van der Waals surface area contributed by atoms with Gasteiger partial charge in [-0.3, -0.25) is 4.79 Å². The molecule has 0 radical (unpaired) electrons. The number of carbonyl (C=O) groups is 1. The molecule has 6 nitrogen and oxygen atoms in total. The van der Waals surface area contributed by atoms with Crippen molar-refractivity contribution in [2.75, 3.05) is 5.32 Å². The number of benzene rings is 2. The molecule has 0 heterocycles. The molecule has 0 unspecified atom stereocenters. The third-order valence-corrected chi connectivity index (χ3v) is 3.04. The van der Waals surface area contributed by atoms with E-state index in [0.717, 1.165) is 0 Å². The molecule has 2 rings (SSSR count). The molecule has 21 heavy (non-hydrogen) atoms. The standard InChI is InChI=1S/C14H12ClN3O3/c15-11-7-8(13(16)18-21)4-5-12(11)17-14(20)9-2-1-3-10(19)6-9/h1-7,19,21H,(H2,16,18)(H,17,20). The second-order valence-electron chi connectivity index (χ2n) is 4.18. The van der Waals surface area contributed by atoms with Crippen LogP contribution in [0.15, 0.2) is 47.6 Å². The van der Waals surface area contributed by atoms with E-state index in [2.05, 4.69) is 10.5 Å². The molecule has 0 aromatic heterocycles. The molecule has 0 spiro atoms. The van der Waals surface area contributed by atoms with Gasteiger partial charge in [0.25, 0.3) is 5.91 Å². The van der Waals surface area contributed by atoms with Gasteiger partial charge in [-0.05, 0) is 36.4 Å². The predicted molar refractivity (Wildman–Crippen MR) is 80.0 cm³/mol. The van der Waals surface area contributed by atoms with Crippen molar-refractivity contribution in [3.8, 4) is 5.75 Å². The number of hydrogen-bond acceptors (Lipinski definition) is 4. The number of phenolic OH excluding ortho intramolecular Hbond substituents is 1. The number of aromatic hydroxyl groups is 1. The average molecular weight is 306 g/mol. The number of halogens is 1. The minimum atomic E-state index is -0.413. The van der Waals surface area contributed by atoms with Crippen molar-refractivity contribution >= 4 is 29.0 Å². The first-order valence-corrected chi connectivity index (χ1v) is 6.27. The zero-order chi connectivity index (χ0) is 15.4. The number of oxime groups is 1. The Morgan fingerprint density at radius 2 is 1.95 bits per heavy atom. The van der Waals surface area contributed by atoms with Crippen molar-refractivity contribution < 1.29 is 15.1 Å². The number of nitrogens with two attached hydrogens (primary N) is 1. The first kappa shape index (κ1) is 14.7. The Bertz CT molecular complexity index is 716. The maximum Gasteiger partial charge on any atom is 0.255 e. The molecule has 7 heteroatoms. The van der Waals surface area contributed by atoms with E-state index < -0.39 is 5.91 Å². The lowest BCUT2D eigenvalue weighted by Gasteiger charge is -2.09. The summed E-state index contributed by atoms with van der Waals surface area (Å²) in [6, 6.07) is 10.5. The van der Waals surface area contributed by atoms with Crippen molar-refractivity contribution in [2.45, 2.75) is 0 Å². The summed E-state index contributed by atoms with van der Waals surface area (Å²) in [5.41, 5.74) is 6.55. The summed E-state index contributed by atoms with van der Waals surface area (Å²) in [5, 5.41) is 23.7. The molecule has 2 aromatic rings. The quantitative estimate of drug-likeness (QED) is 0.302. The highest BCUT2D eigenvalue weighted by Crippen LogP contribution is 2.24. The molecule has 0 bridgehead atoms. The molecule has 0 aliphatic rings. The Hall–Kier alpha value is -2.73. The summed E-state index contributed by atoms with van der Waals surface area (Å²) in [7, 11) is 0. The van der Waals surface area contributed by atoms with Crippen molar-refractivity contribution in [3.63, 3.8) is 0 Å². The number of nitrogens with zero attached hydrogens (tertiary/aromatic N) is 1. The van der Waals surface area contributed by atoms with Crippen LogP contribution in [0.2, 0.25) is 5.02 Å². The molecule has 0 aliphatic carbocycles. The molecule has 0 saturated heterocycles. The lowest BCUT2D eigenvalue weighted by molar-refractivity contribution is 0.102. The number of amides is 1. The summed E-state index contributed by atoms with van der Waals surface area (Å²) < 4.78 is 0. The second-order valence-corrected chi connectivity index (χ2v) is 4.59. The predicted octanol–water partition coefficient (Wildman–Crippen LogP) is 2.39. The highest BCUT2D eigenvalue weighted by molar-refractivity contribution is 6.34. The van der Waals surface area contributed by atoms with Crippen molar-refractivity contribution in [3.05, 3.63) is 58.6 Å². The smallest absolute Gasteiger partial charge is 0.255 e. The summed E-state index contributed by atoms with van der Waals surface area (Å²) in [6.45, 7) is 0. The van der Waals surface area contributed by atoms with Gasteiger partial charge in [0.05, 0.1) is 10.7 Å². The Kier molecular flexibility index (Phi) is 4.30. The summed E-state index contributed by atoms with van der Waals surface area (Å²) >= 11 is 6.04. The van der Waals surface area contributed by atoms with Crippen LogP contribution >= 0.6 is 11.6 Å². The summed E-state index contributed by atoms with van der Waals surface area (Å²) in [5.74, 6) is -0.497. The van der Waals surface area contributed by atoms with E-state index in [0.29, 0.717) is 16.8 Å². The minimum absolute atomic E-state index is 0.00368. The Morgan fingerprint density at radius 1 is 1.19 bits per heavy atom. The first-order valence-electron chi connectivity index (χ1n) is 5.89. The largest absolute Gasteiger partial charge is 0.508 e. The van der Waals surface area contributed by atoms with Crippen LogP contribution < -0.4 is 11.1 Å². The molecule has 108 valence electrons. The van der Waals surface area contributed by atoms with Crippen LogP contribution in [0.3, 0.4) is 0 Å². The van der Waals surface area contributed by atoms with E-state index in [1.807, 2.05) is 0 Å². The van der Waals surface area contributed by atoms with Gasteiger partial charge in [0, 0.05) is 11.1 Å². The van der Waals surface area contributed by atoms with Gasteiger partial charge in [0.1, 0.15) is 5.75 Å². The number of hydrogen-bond donors (Lipinski definition) is 4. The van der Waals surface area contributed by atoms with Crippen LogP contribution in [-0.4, -0.2) is 22.1 Å². The lowest BCUT2D eigenvalue weighted by atomic mass is 10.1. The van der Waals surface area contributed by atoms with Crippen LogP contribution in [-0.2, 0) is 0 Å². The van der Waals surface area contributed by atoms with Crippen LogP contribution in [0.1, 0.15) is 15.9 Å². The third kappa shape index (κ3) is 3.43. The summed E-state index contributed by atoms with van der Waals surface area (Å²) in [6.07, 6.45) is 0. The van der Waals surface area contributed by atoms with E-state index >= 15 is 0 Å². The molecular weight excluding hydrogens is 294 g/mol. The fourth-order valence-corrected chi connectivity index (χ4v) is 1.90. The SMILES string of the molecule is N/C(=N/O)c1ccc(NC(=O)c2cccc(O)c2)c(Cl)c1. The monoisotopic (exact) mass is 305 g/mol. The van der Waals surface area contributed by atoms with Gasteiger partial charge in [-0.15, -0.1) is 0 Å². The normalized spacial score (nSPS) is 11.2. The third-order valence-electron chi connectivity index (χ3n) is 2.73. The fourth-order valence-electron chi connectivity index (χ4n) is 1.68. The van der Waals surface area contributed by atoms with Crippen molar-refractivity contribution in [1.29, 1.82) is 0 Å². The number of amidine groups is 1. The lowest BCUT2D eigenvalue weighted by Crippen LogP contribution is -2.15. The highest BCUT2D eigenvalue weighted by atomic mass is 35.5. The van der Waals surface area contributed by atoms with Crippen LogP contribution in [0.5, 0.6) is 5.75 Å². The van der Waals surface area contributed by atoms with Gasteiger partial charge in [0.15, 0.2) is 5.84 Å². The molecule has 0 fully saturated rings. The van der Waals surface area contributed by atoms with E-state index in [4.69, 9.17) is 22.5 Å². The molecule has 1 amide bonds. The summed E-state index contributed by atoms with van der Waals surface area (Å²) in [4.78, 5) is 12.0. The molecule has 2 aromatic carbocycles. The van der Waals surface area contributed by atoms with Crippen LogP contribution in [0, 0.1) is 0 Å². The topological polar surface area (TPSA) is 108 Å². The molecule has 0 atom stereocenters. The maximum atomic E-state index is 12.0. The maximum absolute atomic E-state index is 12.0. The van der Waals surface area contributed by atoms with Gasteiger partial charge >= 0.3 is 0 Å². The van der Waals surface area contributed by atoms with Crippen LogP contribution in [0.25, 0.3) is 0 Å². The zero-order valence-corrected chi connectivity index (χ0v) is 11.5. The second kappa shape index (κ2) is 6.15. The highest BCUT2D eigenvalue weighted by Gasteiger charge is 2.10. The zero-order valence-electron chi connectivity index (χ0n) is 10.7. The van der Waals surface area contributed by atoms with Gasteiger partial charge in [-0.2, -0.15) is 0 Å². The van der Waals surface area contributed by atoms with Crippen molar-refractivity contribution in [2.24, 2.45) is 10.9 Å². The number of carbonyl (C=O) groups excluding carboxylic acids is 1. The number of rotatable bonds is 3. The Morgan fingerprint density at radius 3 is 2.57 bits per heavy atom. The fraction of sp³-hybridized carbons (Fsp3) is 0. The van der Waals surface area contributed by atoms with Gasteiger partial charge in [-0.25, -0.2) is 0 Å². The van der Waals surface area contributed by atoms with Crippen molar-refractivity contribution in [1.82, 2.24) is 0 Å². The molecular formula is C14H12ClN3O3. The molecule has 5 N–H and O–H groups in total. The Labute approximate surface area is 125 Å². The van der Waals surface area contributed by atoms with E-state index in [-0.39, 0.29) is 16.6 Å². The Balaban J connectivity index is 2.22. The van der Waals surface area contributed by atoms with E-state index in [1.54, 1.807) is 18.2 Å². The number of phenols is 1. The van der Waals surface area contributed by atoms with E-state index in [9.17, 15) is 9.90 Å². The molecule has 0 aliphatic heterocycles. The van der Waals surface area contributed by atoms with Gasteiger partial charge in [0.2, 0.25) is 0 Å². The number of anilines is 1. The van der Waals surface area contributed by atoms with Gasteiger partial charge in [-0.1, -0.05) is 22.8 Å².